The predicted octanol–water partition coefficient (Wildman–Crippen LogP) is 0.405. The summed E-state index contributed by atoms with van der Waals surface area (Å²) in [7, 11) is 0. The number of aromatic carboxylic acids is 1. The molecule has 0 amide bonds. The molecule has 0 aliphatic heterocycles. The summed E-state index contributed by atoms with van der Waals surface area (Å²) < 4.78 is 0. The van der Waals surface area contributed by atoms with Crippen molar-refractivity contribution in [3.8, 4) is 11.3 Å². The number of carbonyl (C=O) groups is 1. The van der Waals surface area contributed by atoms with Gasteiger partial charge in [0, 0.05) is 5.69 Å². The molecular formula is C12H8NO3-. The van der Waals surface area contributed by atoms with Crippen molar-refractivity contribution in [2.75, 3.05) is 0 Å². The maximum Gasteiger partial charge on any atom is 0.257 e. The standard InChI is InChI=1S/C12H9NO3/c14-11-9(12(15)16)6-7-10(13-11)8-4-2-1-3-5-8/h1-7H,(H,13,14)(H,15,16)/p-1. The second kappa shape index (κ2) is 4.02. The quantitative estimate of drug-likeness (QED) is 0.786. The highest BCUT2D eigenvalue weighted by Crippen LogP contribution is 2.14. The zero-order valence-electron chi connectivity index (χ0n) is 8.27. The van der Waals surface area contributed by atoms with E-state index < -0.39 is 11.5 Å². The van der Waals surface area contributed by atoms with Gasteiger partial charge in [-0.15, -0.1) is 0 Å². The van der Waals surface area contributed by atoms with Gasteiger partial charge in [0.2, 0.25) is 0 Å². The molecule has 16 heavy (non-hydrogen) atoms. The van der Waals surface area contributed by atoms with Crippen molar-refractivity contribution in [1.82, 2.24) is 4.98 Å². The number of aromatic nitrogens is 1. The van der Waals surface area contributed by atoms with Gasteiger partial charge in [0.15, 0.2) is 0 Å². The zero-order chi connectivity index (χ0) is 11.5. The number of benzene rings is 1. The highest BCUT2D eigenvalue weighted by Gasteiger charge is 2.02. The summed E-state index contributed by atoms with van der Waals surface area (Å²) in [5.74, 6) is -1.47. The summed E-state index contributed by atoms with van der Waals surface area (Å²) in [6.45, 7) is 0. The number of H-pyrrole nitrogens is 1. The fourth-order valence-electron chi connectivity index (χ4n) is 1.42. The largest absolute Gasteiger partial charge is 0.545 e. The van der Waals surface area contributed by atoms with E-state index in [1.807, 2.05) is 30.3 Å². The molecule has 1 N–H and O–H groups in total. The normalized spacial score (nSPS) is 10.0. The Morgan fingerprint density at radius 1 is 1.06 bits per heavy atom. The molecule has 4 heteroatoms. The van der Waals surface area contributed by atoms with Crippen molar-refractivity contribution in [1.29, 1.82) is 0 Å². The molecule has 0 aliphatic carbocycles. The summed E-state index contributed by atoms with van der Waals surface area (Å²) in [5.41, 5.74) is 0.390. The molecule has 2 rings (SSSR count). The second-order valence-electron chi connectivity index (χ2n) is 3.27. The van der Waals surface area contributed by atoms with Gasteiger partial charge < -0.3 is 14.9 Å². The van der Waals surface area contributed by atoms with Crippen LogP contribution >= 0.6 is 0 Å². The van der Waals surface area contributed by atoms with Gasteiger partial charge in [0.05, 0.1) is 11.5 Å². The topological polar surface area (TPSA) is 73.0 Å². The molecule has 0 aliphatic rings. The maximum absolute atomic E-state index is 11.4. The van der Waals surface area contributed by atoms with Gasteiger partial charge in [0.25, 0.3) is 5.56 Å². The van der Waals surface area contributed by atoms with Crippen LogP contribution in [0.25, 0.3) is 11.3 Å². The molecule has 0 bridgehead atoms. The smallest absolute Gasteiger partial charge is 0.257 e. The first-order chi connectivity index (χ1) is 7.68. The van der Waals surface area contributed by atoms with Crippen molar-refractivity contribution in [3.63, 3.8) is 0 Å². The first-order valence-electron chi connectivity index (χ1n) is 4.68. The monoisotopic (exact) mass is 214 g/mol. The first-order valence-corrected chi connectivity index (χ1v) is 4.68. The van der Waals surface area contributed by atoms with Crippen LogP contribution in [-0.2, 0) is 0 Å². The van der Waals surface area contributed by atoms with Crippen molar-refractivity contribution in [2.24, 2.45) is 0 Å². The fraction of sp³-hybridized carbons (Fsp3) is 0. The van der Waals surface area contributed by atoms with Gasteiger partial charge >= 0.3 is 0 Å². The van der Waals surface area contributed by atoms with Gasteiger partial charge in [-0.2, -0.15) is 0 Å². The highest BCUT2D eigenvalue weighted by atomic mass is 16.4. The van der Waals surface area contributed by atoms with Crippen LogP contribution in [0.15, 0.2) is 47.3 Å². The fourth-order valence-corrected chi connectivity index (χ4v) is 1.42. The Balaban J connectivity index is 2.51. The lowest BCUT2D eigenvalue weighted by Gasteiger charge is -2.04. The Morgan fingerprint density at radius 3 is 2.31 bits per heavy atom. The van der Waals surface area contributed by atoms with Gasteiger partial charge in [-0.05, 0) is 17.7 Å². The van der Waals surface area contributed by atoms with E-state index in [0.29, 0.717) is 5.69 Å². The van der Waals surface area contributed by atoms with Crippen molar-refractivity contribution >= 4 is 5.97 Å². The van der Waals surface area contributed by atoms with Gasteiger partial charge in [-0.1, -0.05) is 30.3 Å². The van der Waals surface area contributed by atoms with E-state index in [9.17, 15) is 14.7 Å². The van der Waals surface area contributed by atoms with Gasteiger partial charge in [-0.3, -0.25) is 4.79 Å². The molecule has 1 aromatic carbocycles. The Labute approximate surface area is 91.2 Å². The number of carboxylic acids is 1. The molecule has 0 saturated carbocycles. The minimum atomic E-state index is -1.47. The average molecular weight is 214 g/mol. The Bertz CT molecular complexity index is 572. The molecular weight excluding hydrogens is 206 g/mol. The summed E-state index contributed by atoms with van der Waals surface area (Å²) in [6, 6.07) is 12.0. The van der Waals surface area contributed by atoms with Crippen LogP contribution in [0.4, 0.5) is 0 Å². The molecule has 0 radical (unpaired) electrons. The molecule has 1 aromatic heterocycles. The predicted molar refractivity (Wildman–Crippen MR) is 56.8 cm³/mol. The van der Waals surface area contributed by atoms with Gasteiger partial charge in [0.1, 0.15) is 0 Å². The number of hydrogen-bond acceptors (Lipinski definition) is 3. The van der Waals surface area contributed by atoms with Crippen LogP contribution < -0.4 is 10.7 Å². The third-order valence-corrected chi connectivity index (χ3v) is 2.21. The lowest BCUT2D eigenvalue weighted by molar-refractivity contribution is -0.255. The van der Waals surface area contributed by atoms with E-state index in [0.717, 1.165) is 5.56 Å². The number of aromatic amines is 1. The average Bonchev–Trinajstić information content (AvgIpc) is 2.29. The van der Waals surface area contributed by atoms with Crippen LogP contribution in [0, 0.1) is 0 Å². The lowest BCUT2D eigenvalue weighted by Crippen LogP contribution is -2.29. The summed E-state index contributed by atoms with van der Waals surface area (Å²) in [5, 5.41) is 10.5. The summed E-state index contributed by atoms with van der Waals surface area (Å²) in [4.78, 5) is 24.4. The van der Waals surface area contributed by atoms with Crippen molar-refractivity contribution in [2.45, 2.75) is 0 Å². The minimum Gasteiger partial charge on any atom is -0.545 e. The third kappa shape index (κ3) is 1.86. The summed E-state index contributed by atoms with van der Waals surface area (Å²) in [6.07, 6.45) is 0. The highest BCUT2D eigenvalue weighted by molar-refractivity contribution is 5.85. The van der Waals surface area contributed by atoms with E-state index in [-0.39, 0.29) is 5.56 Å². The Hall–Kier alpha value is -2.36. The lowest BCUT2D eigenvalue weighted by atomic mass is 10.1. The van der Waals surface area contributed by atoms with E-state index in [1.54, 1.807) is 6.07 Å². The summed E-state index contributed by atoms with van der Waals surface area (Å²) >= 11 is 0. The number of pyridine rings is 1. The van der Waals surface area contributed by atoms with E-state index in [2.05, 4.69) is 4.98 Å². The molecule has 0 atom stereocenters. The molecule has 0 unspecified atom stereocenters. The Kier molecular flexibility index (Phi) is 2.55. The second-order valence-corrected chi connectivity index (χ2v) is 3.27. The third-order valence-electron chi connectivity index (χ3n) is 2.21. The zero-order valence-corrected chi connectivity index (χ0v) is 8.27. The number of rotatable bonds is 2. The number of nitrogens with one attached hydrogen (secondary N) is 1. The van der Waals surface area contributed by atoms with Crippen LogP contribution in [0.5, 0.6) is 0 Å². The van der Waals surface area contributed by atoms with Crippen LogP contribution in [0.3, 0.4) is 0 Å². The molecule has 1 heterocycles. The Morgan fingerprint density at radius 2 is 1.75 bits per heavy atom. The molecule has 0 saturated heterocycles. The molecule has 0 fully saturated rings. The van der Waals surface area contributed by atoms with Gasteiger partial charge in [-0.25, -0.2) is 0 Å². The number of carbonyl (C=O) groups excluding carboxylic acids is 1. The molecule has 4 nitrogen and oxygen atoms in total. The van der Waals surface area contributed by atoms with Crippen molar-refractivity contribution in [3.05, 3.63) is 58.4 Å². The molecule has 80 valence electrons. The van der Waals surface area contributed by atoms with Crippen LogP contribution in [0.2, 0.25) is 0 Å². The SMILES string of the molecule is O=C([O-])c1ccc(-c2ccccc2)[nH]c1=O. The molecule has 2 aromatic rings. The number of carboxylic acid groups (broad SMARTS) is 1. The van der Waals surface area contributed by atoms with Crippen LogP contribution in [-0.4, -0.2) is 11.0 Å². The van der Waals surface area contributed by atoms with E-state index in [4.69, 9.17) is 0 Å². The van der Waals surface area contributed by atoms with Crippen LogP contribution in [0.1, 0.15) is 10.4 Å². The number of hydrogen-bond donors (Lipinski definition) is 1. The van der Waals surface area contributed by atoms with E-state index in [1.165, 1.54) is 6.07 Å². The maximum atomic E-state index is 11.4. The van der Waals surface area contributed by atoms with Crippen molar-refractivity contribution < 1.29 is 9.90 Å². The minimum absolute atomic E-state index is 0.361. The first kappa shape index (κ1) is 10.2. The molecule has 0 spiro atoms. The van der Waals surface area contributed by atoms with E-state index >= 15 is 0 Å².